The lowest BCUT2D eigenvalue weighted by Crippen LogP contribution is -2.35. The highest BCUT2D eigenvalue weighted by Crippen LogP contribution is 2.27. The number of anilines is 2. The Morgan fingerprint density at radius 1 is 1.13 bits per heavy atom. The van der Waals surface area contributed by atoms with Crippen LogP contribution in [0.2, 0.25) is 0 Å². The highest BCUT2D eigenvalue weighted by molar-refractivity contribution is 6.04. The zero-order chi connectivity index (χ0) is 21.5. The Balaban J connectivity index is 1.29. The van der Waals surface area contributed by atoms with Crippen molar-refractivity contribution in [1.82, 2.24) is 19.3 Å². The molecule has 1 unspecified atom stereocenters. The number of aryl methyl sites for hydroxylation is 2. The summed E-state index contributed by atoms with van der Waals surface area (Å²) in [5.74, 6) is -0.653. The summed E-state index contributed by atoms with van der Waals surface area (Å²) in [6, 6.07) is 5.43. The van der Waals surface area contributed by atoms with E-state index in [1.807, 2.05) is 30.5 Å². The number of imidazole rings is 1. The molecule has 0 bridgehead atoms. The molecule has 1 N–H and O–H groups in total. The van der Waals surface area contributed by atoms with Gasteiger partial charge in [-0.25, -0.2) is 9.37 Å². The third-order valence-corrected chi connectivity index (χ3v) is 6.35. The van der Waals surface area contributed by atoms with E-state index in [9.17, 15) is 9.18 Å². The number of nitrogens with zero attached hydrogens (tertiary/aromatic N) is 5. The van der Waals surface area contributed by atoms with Crippen molar-refractivity contribution in [3.05, 3.63) is 53.4 Å². The van der Waals surface area contributed by atoms with Crippen molar-refractivity contribution in [2.24, 2.45) is 0 Å². The molecule has 2 fully saturated rings. The highest BCUT2D eigenvalue weighted by Gasteiger charge is 2.29. The number of benzene rings is 1. The Bertz CT molecular complexity index is 1140. The van der Waals surface area contributed by atoms with E-state index in [2.05, 4.69) is 25.1 Å². The average Bonchev–Trinajstić information content (AvgIpc) is 3.48. The Hall–Kier alpha value is -3.00. The molecule has 8 heteroatoms. The molecule has 0 spiro atoms. The molecule has 0 saturated carbocycles. The molecule has 1 aromatic carbocycles. The predicted molar refractivity (Wildman–Crippen MR) is 118 cm³/mol. The van der Waals surface area contributed by atoms with Crippen LogP contribution < -0.4 is 10.2 Å². The maximum Gasteiger partial charge on any atom is 0.259 e. The topological polar surface area (TPSA) is 65.8 Å². The van der Waals surface area contributed by atoms with E-state index in [4.69, 9.17) is 0 Å². The van der Waals surface area contributed by atoms with Gasteiger partial charge in [-0.1, -0.05) is 0 Å². The molecule has 3 aromatic rings. The van der Waals surface area contributed by atoms with Gasteiger partial charge >= 0.3 is 0 Å². The third-order valence-electron chi connectivity index (χ3n) is 6.35. The first-order chi connectivity index (χ1) is 15.0. The fourth-order valence-electron chi connectivity index (χ4n) is 4.81. The van der Waals surface area contributed by atoms with Gasteiger partial charge in [0, 0.05) is 31.0 Å². The number of hydrogen-bond donors (Lipinski definition) is 1. The number of hydrogen-bond acceptors (Lipinski definition) is 5. The van der Waals surface area contributed by atoms with Crippen molar-refractivity contribution in [3.63, 3.8) is 0 Å². The lowest BCUT2D eigenvalue weighted by atomic mass is 10.1. The first-order valence-corrected chi connectivity index (χ1v) is 10.9. The fourth-order valence-corrected chi connectivity index (χ4v) is 4.81. The number of aromatic nitrogens is 3. The molecule has 162 valence electrons. The Morgan fingerprint density at radius 3 is 2.71 bits per heavy atom. The highest BCUT2D eigenvalue weighted by atomic mass is 19.1. The maximum atomic E-state index is 14.8. The number of halogens is 1. The van der Waals surface area contributed by atoms with E-state index < -0.39 is 11.7 Å². The van der Waals surface area contributed by atoms with E-state index in [0.717, 1.165) is 36.6 Å². The van der Waals surface area contributed by atoms with Crippen LogP contribution >= 0.6 is 0 Å². The van der Waals surface area contributed by atoms with Crippen molar-refractivity contribution in [2.75, 3.05) is 36.4 Å². The Morgan fingerprint density at radius 2 is 1.94 bits per heavy atom. The van der Waals surface area contributed by atoms with E-state index in [1.165, 1.54) is 32.0 Å². The number of carbonyl (C=O) groups excluding carboxylic acids is 1. The summed E-state index contributed by atoms with van der Waals surface area (Å²) in [6.45, 7) is 7.94. The summed E-state index contributed by atoms with van der Waals surface area (Å²) >= 11 is 0. The first kappa shape index (κ1) is 19.9. The maximum absolute atomic E-state index is 14.8. The smallest absolute Gasteiger partial charge is 0.259 e. The molecule has 2 saturated heterocycles. The van der Waals surface area contributed by atoms with Gasteiger partial charge in [0.25, 0.3) is 5.91 Å². The summed E-state index contributed by atoms with van der Waals surface area (Å²) in [5.41, 5.74) is 3.14. The quantitative estimate of drug-likeness (QED) is 0.698. The average molecular weight is 423 g/mol. The van der Waals surface area contributed by atoms with E-state index in [-0.39, 0.29) is 5.56 Å². The largest absolute Gasteiger partial charge is 0.370 e. The van der Waals surface area contributed by atoms with Gasteiger partial charge in [0.15, 0.2) is 11.5 Å². The lowest BCUT2D eigenvalue weighted by molar-refractivity contribution is 0.102. The van der Waals surface area contributed by atoms with Gasteiger partial charge in [-0.3, -0.25) is 14.7 Å². The third kappa shape index (κ3) is 3.87. The molecular formula is C23H27FN6O. The lowest BCUT2D eigenvalue weighted by Gasteiger charge is -2.24. The first-order valence-electron chi connectivity index (χ1n) is 10.9. The number of amides is 1. The molecule has 1 amide bonds. The fraction of sp³-hybridized carbons (Fsp3) is 0.435. The molecule has 2 aliphatic rings. The van der Waals surface area contributed by atoms with Crippen LogP contribution in [0, 0.1) is 19.7 Å². The van der Waals surface area contributed by atoms with Gasteiger partial charge in [-0.15, -0.1) is 0 Å². The minimum atomic E-state index is -0.517. The molecule has 1 atom stereocenters. The Kier molecular flexibility index (Phi) is 5.09. The second kappa shape index (κ2) is 7.92. The van der Waals surface area contributed by atoms with Crippen LogP contribution in [0.15, 0.2) is 30.6 Å². The molecule has 0 radical (unpaired) electrons. The van der Waals surface area contributed by atoms with E-state index in [1.54, 1.807) is 12.3 Å². The van der Waals surface area contributed by atoms with Crippen molar-refractivity contribution >= 4 is 23.1 Å². The van der Waals surface area contributed by atoms with Crippen LogP contribution in [0.5, 0.6) is 0 Å². The number of rotatable bonds is 4. The zero-order valence-electron chi connectivity index (χ0n) is 17.9. The standard InChI is InChI=1S/C23H27FN6O/c1-15-12-30-14-21(26-22(30)16(2)25-15)27-23(31)19-6-5-17(11-20(19)24)29-10-7-18(13-29)28-8-3-4-9-28/h5-6,11-12,14,18H,3-4,7-10,13H2,1-2H3,(H,27,31). The summed E-state index contributed by atoms with van der Waals surface area (Å²) in [5, 5.41) is 2.71. The molecule has 4 heterocycles. The van der Waals surface area contributed by atoms with E-state index >= 15 is 0 Å². The summed E-state index contributed by atoms with van der Waals surface area (Å²) in [7, 11) is 0. The van der Waals surface area contributed by atoms with Crippen molar-refractivity contribution in [2.45, 2.75) is 39.2 Å². The van der Waals surface area contributed by atoms with Crippen LogP contribution in [0.1, 0.15) is 41.0 Å². The van der Waals surface area contributed by atoms with Crippen molar-refractivity contribution in [3.8, 4) is 0 Å². The van der Waals surface area contributed by atoms with Crippen LogP contribution in [-0.4, -0.2) is 57.4 Å². The van der Waals surface area contributed by atoms with Gasteiger partial charge in [0.1, 0.15) is 5.82 Å². The minimum Gasteiger partial charge on any atom is -0.370 e. The summed E-state index contributed by atoms with van der Waals surface area (Å²) < 4.78 is 16.7. The second-order valence-electron chi connectivity index (χ2n) is 8.57. The second-order valence-corrected chi connectivity index (χ2v) is 8.57. The number of fused-ring (bicyclic) bond motifs is 1. The molecule has 7 nitrogen and oxygen atoms in total. The van der Waals surface area contributed by atoms with Crippen LogP contribution in [0.3, 0.4) is 0 Å². The summed E-state index contributed by atoms with van der Waals surface area (Å²) in [4.78, 5) is 26.2. The van der Waals surface area contributed by atoms with Gasteiger partial charge in [0.2, 0.25) is 0 Å². The van der Waals surface area contributed by atoms with Crippen LogP contribution in [-0.2, 0) is 0 Å². The van der Waals surface area contributed by atoms with Crippen molar-refractivity contribution < 1.29 is 9.18 Å². The van der Waals surface area contributed by atoms with Gasteiger partial charge in [0.05, 0.1) is 23.1 Å². The van der Waals surface area contributed by atoms with Crippen LogP contribution in [0.4, 0.5) is 15.9 Å². The van der Waals surface area contributed by atoms with Gasteiger partial charge in [-0.05, 0) is 64.4 Å². The molecule has 0 aliphatic carbocycles. The van der Waals surface area contributed by atoms with Crippen molar-refractivity contribution in [1.29, 1.82) is 0 Å². The monoisotopic (exact) mass is 422 g/mol. The number of carbonyl (C=O) groups is 1. The molecule has 2 aliphatic heterocycles. The predicted octanol–water partition coefficient (Wildman–Crippen LogP) is 3.41. The molecule has 5 rings (SSSR count). The normalized spacial score (nSPS) is 19.5. The minimum absolute atomic E-state index is 0.0159. The van der Waals surface area contributed by atoms with E-state index in [0.29, 0.717) is 17.5 Å². The summed E-state index contributed by atoms with van der Waals surface area (Å²) in [6.07, 6.45) is 7.20. The number of nitrogens with one attached hydrogen (secondary N) is 1. The molecule has 31 heavy (non-hydrogen) atoms. The Labute approximate surface area is 180 Å². The number of likely N-dealkylation sites (tertiary alicyclic amines) is 1. The SMILES string of the molecule is Cc1cn2cc(NC(=O)c3ccc(N4CCC(N5CCCC5)C4)cc3F)nc2c(C)n1. The zero-order valence-corrected chi connectivity index (χ0v) is 17.9. The molecule has 2 aromatic heterocycles. The van der Waals surface area contributed by atoms with Crippen LogP contribution in [0.25, 0.3) is 5.65 Å². The van der Waals surface area contributed by atoms with Gasteiger partial charge in [-0.2, -0.15) is 0 Å². The molecular weight excluding hydrogens is 395 g/mol. The van der Waals surface area contributed by atoms with Gasteiger partial charge < -0.3 is 14.6 Å².